The molecule has 0 amide bonds. The minimum atomic E-state index is 0.388. The van der Waals surface area contributed by atoms with Crippen LogP contribution in [-0.4, -0.2) is 6.54 Å². The molecule has 1 fully saturated rings. The number of nitrogens with one attached hydrogen (secondary N) is 1. The first-order valence-corrected chi connectivity index (χ1v) is 7.64. The smallest absolute Gasteiger partial charge is 0.0595 e. The molecule has 0 heterocycles. The van der Waals surface area contributed by atoms with Crippen molar-refractivity contribution in [2.24, 2.45) is 5.92 Å². The molecule has 1 aliphatic carbocycles. The normalized spacial score (nSPS) is 16.8. The highest BCUT2D eigenvalue weighted by Gasteiger charge is 2.20. The molecule has 1 unspecified atom stereocenters. The van der Waals surface area contributed by atoms with E-state index in [-0.39, 0.29) is 0 Å². The van der Waals surface area contributed by atoms with Crippen LogP contribution in [0.2, 0.25) is 10.0 Å². The second kappa shape index (κ2) is 6.79. The van der Waals surface area contributed by atoms with Crippen LogP contribution in [0.4, 0.5) is 0 Å². The van der Waals surface area contributed by atoms with E-state index >= 15 is 0 Å². The standard InChI is InChI=1S/C15H21Cl2N/c1-2-15(18-9-3-4-11-5-6-11)12-7-8-13(16)14(17)10-12/h7-8,10-11,15,18H,2-6,9H2,1H3. The first-order valence-electron chi connectivity index (χ1n) is 6.89. The van der Waals surface area contributed by atoms with E-state index in [0.717, 1.165) is 18.9 Å². The van der Waals surface area contributed by atoms with Gasteiger partial charge in [0.25, 0.3) is 0 Å². The number of halogens is 2. The van der Waals surface area contributed by atoms with Crippen molar-refractivity contribution in [2.45, 2.75) is 45.1 Å². The third-order valence-electron chi connectivity index (χ3n) is 3.63. The third kappa shape index (κ3) is 4.15. The number of hydrogen-bond donors (Lipinski definition) is 1. The van der Waals surface area contributed by atoms with Crippen LogP contribution in [0.3, 0.4) is 0 Å². The zero-order chi connectivity index (χ0) is 13.0. The van der Waals surface area contributed by atoms with Gasteiger partial charge in [0.05, 0.1) is 10.0 Å². The lowest BCUT2D eigenvalue weighted by molar-refractivity contribution is 0.495. The van der Waals surface area contributed by atoms with Crippen molar-refractivity contribution in [3.63, 3.8) is 0 Å². The minimum absolute atomic E-state index is 0.388. The van der Waals surface area contributed by atoms with Crippen LogP contribution < -0.4 is 5.32 Å². The summed E-state index contributed by atoms with van der Waals surface area (Å²) in [5.74, 6) is 1.02. The molecular formula is C15H21Cl2N. The lowest BCUT2D eigenvalue weighted by Gasteiger charge is -2.18. The van der Waals surface area contributed by atoms with Gasteiger partial charge >= 0.3 is 0 Å². The molecule has 0 bridgehead atoms. The molecule has 1 atom stereocenters. The summed E-state index contributed by atoms with van der Waals surface area (Å²) in [6.45, 7) is 3.29. The van der Waals surface area contributed by atoms with Crippen LogP contribution in [0.25, 0.3) is 0 Å². The molecule has 1 nitrogen and oxygen atoms in total. The number of benzene rings is 1. The average Bonchev–Trinajstić information content (AvgIpc) is 3.17. The van der Waals surface area contributed by atoms with Crippen molar-refractivity contribution in [2.75, 3.05) is 6.54 Å². The maximum absolute atomic E-state index is 6.07. The lowest BCUT2D eigenvalue weighted by Crippen LogP contribution is -2.22. The monoisotopic (exact) mass is 285 g/mol. The fourth-order valence-electron chi connectivity index (χ4n) is 2.30. The van der Waals surface area contributed by atoms with Crippen molar-refractivity contribution in [1.29, 1.82) is 0 Å². The van der Waals surface area contributed by atoms with Crippen LogP contribution >= 0.6 is 23.2 Å². The minimum Gasteiger partial charge on any atom is -0.310 e. The van der Waals surface area contributed by atoms with Gasteiger partial charge in [-0.3, -0.25) is 0 Å². The molecule has 1 N–H and O–H groups in total. The van der Waals surface area contributed by atoms with Gasteiger partial charge in [0, 0.05) is 6.04 Å². The molecule has 1 aromatic rings. The highest BCUT2D eigenvalue weighted by atomic mass is 35.5. The molecule has 1 aromatic carbocycles. The molecule has 1 aliphatic rings. The maximum atomic E-state index is 6.07. The second-order valence-corrected chi connectivity index (χ2v) is 5.99. The SMILES string of the molecule is CCC(NCCCC1CC1)c1ccc(Cl)c(Cl)c1. The van der Waals surface area contributed by atoms with Gasteiger partial charge in [0.15, 0.2) is 0 Å². The topological polar surface area (TPSA) is 12.0 Å². The Morgan fingerprint density at radius 2 is 2.06 bits per heavy atom. The predicted octanol–water partition coefficient (Wildman–Crippen LogP) is 5.22. The molecule has 2 rings (SSSR count). The zero-order valence-electron chi connectivity index (χ0n) is 10.9. The molecule has 0 aromatic heterocycles. The van der Waals surface area contributed by atoms with E-state index in [1.807, 2.05) is 12.1 Å². The van der Waals surface area contributed by atoms with Crippen molar-refractivity contribution in [3.8, 4) is 0 Å². The molecule has 0 radical (unpaired) electrons. The Morgan fingerprint density at radius 1 is 1.28 bits per heavy atom. The number of hydrogen-bond acceptors (Lipinski definition) is 1. The van der Waals surface area contributed by atoms with Crippen molar-refractivity contribution < 1.29 is 0 Å². The Kier molecular flexibility index (Phi) is 5.35. The van der Waals surface area contributed by atoms with Crippen LogP contribution in [0, 0.1) is 5.92 Å². The molecule has 18 heavy (non-hydrogen) atoms. The van der Waals surface area contributed by atoms with Crippen molar-refractivity contribution in [1.82, 2.24) is 5.32 Å². The summed E-state index contributed by atoms with van der Waals surface area (Å²) < 4.78 is 0. The van der Waals surface area contributed by atoms with Gasteiger partial charge in [0.1, 0.15) is 0 Å². The van der Waals surface area contributed by atoms with Gasteiger partial charge < -0.3 is 5.32 Å². The van der Waals surface area contributed by atoms with Crippen LogP contribution in [0.15, 0.2) is 18.2 Å². The molecular weight excluding hydrogens is 265 g/mol. The van der Waals surface area contributed by atoms with E-state index in [1.165, 1.54) is 31.2 Å². The summed E-state index contributed by atoms with van der Waals surface area (Å²) in [6.07, 6.45) is 6.63. The molecule has 0 spiro atoms. The summed E-state index contributed by atoms with van der Waals surface area (Å²) in [5, 5.41) is 4.89. The van der Waals surface area contributed by atoms with Gasteiger partial charge in [-0.05, 0) is 49.4 Å². The number of rotatable bonds is 7. The van der Waals surface area contributed by atoms with Crippen molar-refractivity contribution in [3.05, 3.63) is 33.8 Å². The summed E-state index contributed by atoms with van der Waals surface area (Å²) in [4.78, 5) is 0. The fourth-order valence-corrected chi connectivity index (χ4v) is 2.61. The first kappa shape index (κ1) is 14.2. The predicted molar refractivity (Wildman–Crippen MR) is 79.5 cm³/mol. The molecule has 100 valence electrons. The molecule has 0 aliphatic heterocycles. The van der Waals surface area contributed by atoms with E-state index in [2.05, 4.69) is 18.3 Å². The average molecular weight is 286 g/mol. The lowest BCUT2D eigenvalue weighted by atomic mass is 10.0. The van der Waals surface area contributed by atoms with E-state index < -0.39 is 0 Å². The van der Waals surface area contributed by atoms with Gasteiger partial charge in [-0.15, -0.1) is 0 Å². The largest absolute Gasteiger partial charge is 0.310 e. The van der Waals surface area contributed by atoms with Gasteiger partial charge in [0.2, 0.25) is 0 Å². The van der Waals surface area contributed by atoms with Gasteiger partial charge in [-0.25, -0.2) is 0 Å². The summed E-state index contributed by atoms with van der Waals surface area (Å²) >= 11 is 12.0. The Hall–Kier alpha value is -0.240. The van der Waals surface area contributed by atoms with Crippen LogP contribution in [0.1, 0.15) is 50.6 Å². The van der Waals surface area contributed by atoms with Crippen LogP contribution in [0.5, 0.6) is 0 Å². The second-order valence-electron chi connectivity index (χ2n) is 5.17. The molecule has 0 saturated heterocycles. The Balaban J connectivity index is 1.83. The fraction of sp³-hybridized carbons (Fsp3) is 0.600. The van der Waals surface area contributed by atoms with E-state index in [9.17, 15) is 0 Å². The van der Waals surface area contributed by atoms with Gasteiger partial charge in [-0.2, -0.15) is 0 Å². The highest BCUT2D eigenvalue weighted by molar-refractivity contribution is 6.42. The highest BCUT2D eigenvalue weighted by Crippen LogP contribution is 2.33. The Morgan fingerprint density at radius 3 is 2.67 bits per heavy atom. The Bertz CT molecular complexity index is 388. The summed E-state index contributed by atoms with van der Waals surface area (Å²) in [5.41, 5.74) is 1.23. The van der Waals surface area contributed by atoms with Crippen LogP contribution in [-0.2, 0) is 0 Å². The van der Waals surface area contributed by atoms with E-state index in [0.29, 0.717) is 16.1 Å². The van der Waals surface area contributed by atoms with E-state index in [1.54, 1.807) is 0 Å². The first-order chi connectivity index (χ1) is 8.70. The molecule has 3 heteroatoms. The quantitative estimate of drug-likeness (QED) is 0.677. The zero-order valence-corrected chi connectivity index (χ0v) is 12.4. The van der Waals surface area contributed by atoms with E-state index in [4.69, 9.17) is 23.2 Å². The van der Waals surface area contributed by atoms with Gasteiger partial charge in [-0.1, -0.05) is 49.0 Å². The summed E-state index contributed by atoms with van der Waals surface area (Å²) in [6, 6.07) is 6.31. The molecule has 1 saturated carbocycles. The third-order valence-corrected chi connectivity index (χ3v) is 4.37. The van der Waals surface area contributed by atoms with Crippen molar-refractivity contribution >= 4 is 23.2 Å². The maximum Gasteiger partial charge on any atom is 0.0595 e. The summed E-state index contributed by atoms with van der Waals surface area (Å²) in [7, 11) is 0. The Labute approximate surface area is 120 Å².